The highest BCUT2D eigenvalue weighted by Gasteiger charge is 2.25. The van der Waals surface area contributed by atoms with Crippen molar-refractivity contribution >= 4 is 0 Å². The van der Waals surface area contributed by atoms with Gasteiger partial charge in [-0.3, -0.25) is 0 Å². The number of nitrogens with one attached hydrogen (secondary N) is 1. The SMILES string of the molecule is CCCC(CNCCOC)CC1Cc2ccccc2O1. The number of fused-ring (bicyclic) bond motifs is 1. The molecule has 1 aromatic rings. The van der Waals surface area contributed by atoms with Crippen molar-refractivity contribution in [1.82, 2.24) is 5.32 Å². The molecule has 3 nitrogen and oxygen atoms in total. The Balaban J connectivity index is 1.77. The number of methoxy groups -OCH3 is 1. The Morgan fingerprint density at radius 2 is 2.25 bits per heavy atom. The summed E-state index contributed by atoms with van der Waals surface area (Å²) in [6.07, 6.45) is 5.05. The fourth-order valence-corrected chi connectivity index (χ4v) is 2.95. The molecule has 0 bridgehead atoms. The van der Waals surface area contributed by atoms with E-state index in [-0.39, 0.29) is 0 Å². The Labute approximate surface area is 122 Å². The van der Waals surface area contributed by atoms with E-state index in [0.717, 1.165) is 38.3 Å². The van der Waals surface area contributed by atoms with Gasteiger partial charge >= 0.3 is 0 Å². The lowest BCUT2D eigenvalue weighted by Gasteiger charge is -2.20. The van der Waals surface area contributed by atoms with E-state index in [2.05, 4.69) is 36.5 Å². The highest BCUT2D eigenvalue weighted by molar-refractivity contribution is 5.37. The van der Waals surface area contributed by atoms with Crippen molar-refractivity contribution in [3.8, 4) is 5.75 Å². The first-order chi connectivity index (χ1) is 9.83. The second-order valence-electron chi connectivity index (χ2n) is 5.64. The minimum atomic E-state index is 0.355. The number of benzene rings is 1. The Morgan fingerprint density at radius 3 is 3.00 bits per heavy atom. The van der Waals surface area contributed by atoms with E-state index >= 15 is 0 Å². The smallest absolute Gasteiger partial charge is 0.123 e. The van der Waals surface area contributed by atoms with E-state index in [9.17, 15) is 0 Å². The lowest BCUT2D eigenvalue weighted by atomic mass is 9.94. The fraction of sp³-hybridized carbons (Fsp3) is 0.647. The van der Waals surface area contributed by atoms with Crippen LogP contribution in [0.4, 0.5) is 0 Å². The number of hydrogen-bond donors (Lipinski definition) is 1. The molecule has 112 valence electrons. The van der Waals surface area contributed by atoms with Gasteiger partial charge in [-0.25, -0.2) is 0 Å². The van der Waals surface area contributed by atoms with Gasteiger partial charge in [-0.1, -0.05) is 31.5 Å². The molecule has 0 aliphatic carbocycles. The highest BCUT2D eigenvalue weighted by Crippen LogP contribution is 2.31. The van der Waals surface area contributed by atoms with Crippen LogP contribution in [-0.2, 0) is 11.2 Å². The van der Waals surface area contributed by atoms with Gasteiger partial charge in [0.25, 0.3) is 0 Å². The van der Waals surface area contributed by atoms with Crippen LogP contribution in [-0.4, -0.2) is 32.9 Å². The quantitative estimate of drug-likeness (QED) is 0.704. The zero-order chi connectivity index (χ0) is 14.2. The number of para-hydroxylation sites is 1. The highest BCUT2D eigenvalue weighted by atomic mass is 16.5. The summed E-state index contributed by atoms with van der Waals surface area (Å²) < 4.78 is 11.1. The summed E-state index contributed by atoms with van der Waals surface area (Å²) in [6, 6.07) is 8.42. The topological polar surface area (TPSA) is 30.5 Å². The second-order valence-corrected chi connectivity index (χ2v) is 5.64. The molecule has 3 heteroatoms. The molecule has 0 aromatic heterocycles. The van der Waals surface area contributed by atoms with Gasteiger partial charge in [0.1, 0.15) is 11.9 Å². The summed E-state index contributed by atoms with van der Waals surface area (Å²) in [6.45, 7) is 5.03. The van der Waals surface area contributed by atoms with Crippen LogP contribution in [0.15, 0.2) is 24.3 Å². The summed E-state index contributed by atoms with van der Waals surface area (Å²) in [7, 11) is 1.74. The van der Waals surface area contributed by atoms with Gasteiger partial charge in [-0.05, 0) is 36.9 Å². The predicted molar refractivity (Wildman–Crippen MR) is 82.3 cm³/mol. The second kappa shape index (κ2) is 8.28. The van der Waals surface area contributed by atoms with E-state index < -0.39 is 0 Å². The standard InChI is InChI=1S/C17H27NO2/c1-3-6-14(13-18-9-10-19-2)11-16-12-15-7-4-5-8-17(15)20-16/h4-5,7-8,14,16,18H,3,6,9-13H2,1-2H3. The number of rotatable bonds is 9. The normalized spacial score (nSPS) is 18.6. The van der Waals surface area contributed by atoms with Crippen LogP contribution < -0.4 is 10.1 Å². The molecule has 2 rings (SSSR count). The maximum Gasteiger partial charge on any atom is 0.123 e. The molecule has 0 fully saturated rings. The first-order valence-corrected chi connectivity index (χ1v) is 7.77. The zero-order valence-electron chi connectivity index (χ0n) is 12.7. The summed E-state index contributed by atoms with van der Waals surface area (Å²) in [5, 5.41) is 3.49. The molecule has 1 heterocycles. The van der Waals surface area contributed by atoms with Gasteiger partial charge in [0.2, 0.25) is 0 Å². The van der Waals surface area contributed by atoms with Crippen molar-refractivity contribution in [2.75, 3.05) is 26.8 Å². The lowest BCUT2D eigenvalue weighted by Crippen LogP contribution is -2.29. The predicted octanol–water partition coefficient (Wildman–Crippen LogP) is 3.03. The lowest BCUT2D eigenvalue weighted by molar-refractivity contribution is 0.179. The van der Waals surface area contributed by atoms with E-state index in [1.807, 2.05) is 0 Å². The summed E-state index contributed by atoms with van der Waals surface area (Å²) in [5.74, 6) is 1.77. The average Bonchev–Trinajstić information content (AvgIpc) is 2.86. The van der Waals surface area contributed by atoms with Gasteiger partial charge in [0, 0.05) is 20.1 Å². The molecule has 0 amide bonds. The van der Waals surface area contributed by atoms with Gasteiger partial charge in [-0.15, -0.1) is 0 Å². The summed E-state index contributed by atoms with van der Waals surface area (Å²) in [5.41, 5.74) is 1.36. The van der Waals surface area contributed by atoms with Gasteiger partial charge in [0.05, 0.1) is 6.61 Å². The van der Waals surface area contributed by atoms with Crippen LogP contribution in [0.5, 0.6) is 5.75 Å². The fourth-order valence-electron chi connectivity index (χ4n) is 2.95. The molecule has 0 saturated carbocycles. The molecule has 0 spiro atoms. The van der Waals surface area contributed by atoms with E-state index in [0.29, 0.717) is 12.0 Å². The summed E-state index contributed by atoms with van der Waals surface area (Å²) in [4.78, 5) is 0. The van der Waals surface area contributed by atoms with Crippen molar-refractivity contribution in [2.24, 2.45) is 5.92 Å². The first kappa shape index (κ1) is 15.3. The molecular formula is C17H27NO2. The van der Waals surface area contributed by atoms with Gasteiger partial charge < -0.3 is 14.8 Å². The number of ether oxygens (including phenoxy) is 2. The third kappa shape index (κ3) is 4.50. The minimum absolute atomic E-state index is 0.355. The maximum absolute atomic E-state index is 6.06. The maximum atomic E-state index is 6.06. The van der Waals surface area contributed by atoms with Crippen LogP contribution >= 0.6 is 0 Å². The molecule has 2 unspecified atom stereocenters. The molecule has 1 aromatic carbocycles. The monoisotopic (exact) mass is 277 g/mol. The van der Waals surface area contributed by atoms with Gasteiger partial charge in [0.15, 0.2) is 0 Å². The van der Waals surface area contributed by atoms with Crippen molar-refractivity contribution < 1.29 is 9.47 Å². The molecule has 1 aliphatic heterocycles. The third-order valence-corrected chi connectivity index (χ3v) is 3.92. The van der Waals surface area contributed by atoms with Crippen molar-refractivity contribution in [3.05, 3.63) is 29.8 Å². The Kier molecular flexibility index (Phi) is 6.34. The molecule has 0 radical (unpaired) electrons. The van der Waals surface area contributed by atoms with Crippen LogP contribution in [0.3, 0.4) is 0 Å². The zero-order valence-corrected chi connectivity index (χ0v) is 12.7. The first-order valence-electron chi connectivity index (χ1n) is 7.77. The Hall–Kier alpha value is -1.06. The molecule has 20 heavy (non-hydrogen) atoms. The Bertz CT molecular complexity index is 369. The minimum Gasteiger partial charge on any atom is -0.490 e. The Morgan fingerprint density at radius 1 is 1.40 bits per heavy atom. The average molecular weight is 277 g/mol. The van der Waals surface area contributed by atoms with Crippen LogP contribution in [0.2, 0.25) is 0 Å². The molecule has 0 saturated heterocycles. The molecule has 2 atom stereocenters. The van der Waals surface area contributed by atoms with Crippen molar-refractivity contribution in [1.29, 1.82) is 0 Å². The third-order valence-electron chi connectivity index (χ3n) is 3.92. The number of hydrogen-bond acceptors (Lipinski definition) is 3. The molecular weight excluding hydrogens is 250 g/mol. The van der Waals surface area contributed by atoms with E-state index in [1.165, 1.54) is 18.4 Å². The largest absolute Gasteiger partial charge is 0.490 e. The molecule has 1 N–H and O–H groups in total. The van der Waals surface area contributed by atoms with Gasteiger partial charge in [-0.2, -0.15) is 0 Å². The van der Waals surface area contributed by atoms with E-state index in [1.54, 1.807) is 7.11 Å². The van der Waals surface area contributed by atoms with Crippen LogP contribution in [0, 0.1) is 5.92 Å². The van der Waals surface area contributed by atoms with Crippen molar-refractivity contribution in [2.45, 2.75) is 38.7 Å². The van der Waals surface area contributed by atoms with Crippen LogP contribution in [0.25, 0.3) is 0 Å². The summed E-state index contributed by atoms with van der Waals surface area (Å²) >= 11 is 0. The van der Waals surface area contributed by atoms with Crippen molar-refractivity contribution in [3.63, 3.8) is 0 Å². The van der Waals surface area contributed by atoms with E-state index in [4.69, 9.17) is 9.47 Å². The molecule has 1 aliphatic rings. The van der Waals surface area contributed by atoms with Crippen LogP contribution in [0.1, 0.15) is 31.7 Å².